The summed E-state index contributed by atoms with van der Waals surface area (Å²) in [5, 5.41) is 11.7. The SMILES string of the molecule is Cc1c(=O)n(Cc2ccc(C#N)cc2)c(=O)n2cc(C(=O)NCc3ccc(F)cc3)sc12. The highest BCUT2D eigenvalue weighted by Crippen LogP contribution is 2.18. The van der Waals surface area contributed by atoms with Crippen LogP contribution in [0.3, 0.4) is 0 Å². The van der Waals surface area contributed by atoms with Gasteiger partial charge in [-0.15, -0.1) is 11.3 Å². The van der Waals surface area contributed by atoms with Gasteiger partial charge in [0, 0.05) is 18.3 Å². The number of fused-ring (bicyclic) bond motifs is 1. The highest BCUT2D eigenvalue weighted by molar-refractivity contribution is 7.19. The molecule has 0 aliphatic heterocycles. The first-order chi connectivity index (χ1) is 15.4. The summed E-state index contributed by atoms with van der Waals surface area (Å²) in [5.41, 5.74) is 1.30. The van der Waals surface area contributed by atoms with E-state index in [2.05, 4.69) is 5.32 Å². The Bertz CT molecular complexity index is 1480. The molecule has 2 aromatic heterocycles. The molecule has 4 rings (SSSR count). The fraction of sp³-hybridized carbons (Fsp3) is 0.130. The van der Waals surface area contributed by atoms with Gasteiger partial charge in [0.05, 0.1) is 18.2 Å². The van der Waals surface area contributed by atoms with Crippen LogP contribution in [0.2, 0.25) is 0 Å². The number of aromatic nitrogens is 2. The van der Waals surface area contributed by atoms with Crippen molar-refractivity contribution in [1.82, 2.24) is 14.3 Å². The molecule has 2 heterocycles. The normalized spacial score (nSPS) is 10.8. The number of aryl methyl sites for hydroxylation is 1. The number of hydrogen-bond acceptors (Lipinski definition) is 5. The molecule has 0 atom stereocenters. The molecule has 0 spiro atoms. The van der Waals surface area contributed by atoms with Gasteiger partial charge in [0.25, 0.3) is 11.5 Å². The van der Waals surface area contributed by atoms with Gasteiger partial charge in [0.2, 0.25) is 0 Å². The smallest absolute Gasteiger partial charge is 0.336 e. The number of thiazole rings is 1. The molecule has 0 aliphatic carbocycles. The van der Waals surface area contributed by atoms with E-state index in [4.69, 9.17) is 5.26 Å². The number of hydrogen-bond donors (Lipinski definition) is 1. The summed E-state index contributed by atoms with van der Waals surface area (Å²) in [6.07, 6.45) is 1.42. The summed E-state index contributed by atoms with van der Waals surface area (Å²) < 4.78 is 15.4. The summed E-state index contributed by atoms with van der Waals surface area (Å²) in [6.45, 7) is 1.87. The Morgan fingerprint density at radius 3 is 2.41 bits per heavy atom. The largest absolute Gasteiger partial charge is 0.347 e. The minimum absolute atomic E-state index is 0.0507. The third-order valence-corrected chi connectivity index (χ3v) is 6.22. The van der Waals surface area contributed by atoms with Gasteiger partial charge in [-0.25, -0.2) is 9.18 Å². The number of nitriles is 1. The first-order valence-corrected chi connectivity index (χ1v) is 10.5. The number of carbonyl (C=O) groups excluding carboxylic acids is 1. The summed E-state index contributed by atoms with van der Waals surface area (Å²) in [6, 6.07) is 14.4. The molecule has 0 bridgehead atoms. The third kappa shape index (κ3) is 4.08. The van der Waals surface area contributed by atoms with Crippen molar-refractivity contribution < 1.29 is 9.18 Å². The predicted octanol–water partition coefficient (Wildman–Crippen LogP) is 2.82. The maximum Gasteiger partial charge on any atom is 0.336 e. The zero-order valence-electron chi connectivity index (χ0n) is 17.0. The van der Waals surface area contributed by atoms with Gasteiger partial charge in [-0.05, 0) is 42.3 Å². The number of nitrogens with one attached hydrogen (secondary N) is 1. The molecule has 4 aromatic rings. The fourth-order valence-corrected chi connectivity index (χ4v) is 4.25. The molecule has 9 heteroatoms. The van der Waals surface area contributed by atoms with E-state index in [0.717, 1.165) is 21.5 Å². The van der Waals surface area contributed by atoms with Crippen LogP contribution in [-0.4, -0.2) is 14.9 Å². The molecule has 0 unspecified atom stereocenters. The summed E-state index contributed by atoms with van der Waals surface area (Å²) in [5.74, 6) is -0.755. The Morgan fingerprint density at radius 2 is 1.75 bits per heavy atom. The van der Waals surface area contributed by atoms with Crippen molar-refractivity contribution >= 4 is 22.1 Å². The van der Waals surface area contributed by atoms with E-state index in [1.807, 2.05) is 6.07 Å². The minimum atomic E-state index is -0.547. The lowest BCUT2D eigenvalue weighted by Crippen LogP contribution is -2.38. The Labute approximate surface area is 185 Å². The number of carbonyl (C=O) groups is 1. The van der Waals surface area contributed by atoms with Crippen molar-refractivity contribution in [3.8, 4) is 6.07 Å². The van der Waals surface area contributed by atoms with E-state index in [1.165, 1.54) is 22.7 Å². The van der Waals surface area contributed by atoms with Crippen molar-refractivity contribution in [3.63, 3.8) is 0 Å². The number of halogens is 1. The van der Waals surface area contributed by atoms with Gasteiger partial charge in [-0.2, -0.15) is 5.26 Å². The predicted molar refractivity (Wildman–Crippen MR) is 118 cm³/mol. The maximum absolute atomic E-state index is 13.0. The van der Waals surface area contributed by atoms with Crippen molar-refractivity contribution in [2.24, 2.45) is 0 Å². The molecule has 0 saturated carbocycles. The molecular weight excluding hydrogens is 431 g/mol. The van der Waals surface area contributed by atoms with Crippen LogP contribution in [0.1, 0.15) is 31.9 Å². The van der Waals surface area contributed by atoms with Crippen LogP contribution >= 0.6 is 11.3 Å². The van der Waals surface area contributed by atoms with Gasteiger partial charge in [-0.3, -0.25) is 18.6 Å². The van der Waals surface area contributed by atoms with E-state index in [-0.39, 0.29) is 23.8 Å². The summed E-state index contributed by atoms with van der Waals surface area (Å²) in [7, 11) is 0. The first-order valence-electron chi connectivity index (χ1n) is 9.64. The monoisotopic (exact) mass is 448 g/mol. The van der Waals surface area contributed by atoms with Crippen molar-refractivity contribution in [1.29, 1.82) is 5.26 Å². The Morgan fingerprint density at radius 1 is 1.09 bits per heavy atom. The number of nitrogens with zero attached hydrogens (tertiary/aromatic N) is 3. The van der Waals surface area contributed by atoms with E-state index < -0.39 is 17.2 Å². The van der Waals surface area contributed by atoms with Crippen molar-refractivity contribution in [2.45, 2.75) is 20.0 Å². The number of benzene rings is 2. The maximum atomic E-state index is 13.0. The molecule has 7 nitrogen and oxygen atoms in total. The molecule has 0 radical (unpaired) electrons. The molecule has 32 heavy (non-hydrogen) atoms. The van der Waals surface area contributed by atoms with Gasteiger partial charge in [0.15, 0.2) is 0 Å². The van der Waals surface area contributed by atoms with Crippen molar-refractivity contribution in [2.75, 3.05) is 0 Å². The molecule has 0 saturated heterocycles. The minimum Gasteiger partial charge on any atom is -0.347 e. The molecular formula is C23H17FN4O3S. The van der Waals surface area contributed by atoms with Crippen LogP contribution in [0.4, 0.5) is 4.39 Å². The second kappa shape index (κ2) is 8.61. The standard InChI is InChI=1S/C23H17FN4O3S/c1-14-21(30)27(12-17-4-2-15(10-25)3-5-17)23(31)28-13-19(32-22(14)28)20(29)26-11-16-6-8-18(24)9-7-16/h2-9,13H,11-12H2,1H3,(H,26,29). The van der Waals surface area contributed by atoms with Crippen LogP contribution in [-0.2, 0) is 13.1 Å². The molecule has 1 amide bonds. The fourth-order valence-electron chi connectivity index (χ4n) is 3.25. The third-order valence-electron chi connectivity index (χ3n) is 5.01. The van der Waals surface area contributed by atoms with Gasteiger partial charge in [-0.1, -0.05) is 24.3 Å². The van der Waals surface area contributed by atoms with Crippen LogP contribution < -0.4 is 16.6 Å². The van der Waals surface area contributed by atoms with Crippen LogP contribution in [0.15, 0.2) is 64.3 Å². The highest BCUT2D eigenvalue weighted by Gasteiger charge is 2.17. The summed E-state index contributed by atoms with van der Waals surface area (Å²) in [4.78, 5) is 39.1. The second-order valence-electron chi connectivity index (χ2n) is 7.19. The second-order valence-corrected chi connectivity index (χ2v) is 8.22. The quantitative estimate of drug-likeness (QED) is 0.508. The molecule has 1 N–H and O–H groups in total. The Balaban J connectivity index is 1.63. The molecule has 0 fully saturated rings. The summed E-state index contributed by atoms with van der Waals surface area (Å²) >= 11 is 1.06. The van der Waals surface area contributed by atoms with Crippen LogP contribution in [0.25, 0.3) is 4.83 Å². The van der Waals surface area contributed by atoms with Gasteiger partial charge >= 0.3 is 5.69 Å². The van der Waals surface area contributed by atoms with E-state index in [9.17, 15) is 18.8 Å². The van der Waals surface area contributed by atoms with E-state index in [1.54, 1.807) is 43.3 Å². The van der Waals surface area contributed by atoms with Crippen molar-refractivity contribution in [3.05, 3.63) is 109 Å². The molecule has 160 valence electrons. The highest BCUT2D eigenvalue weighted by atomic mass is 32.1. The Kier molecular flexibility index (Phi) is 5.71. The van der Waals surface area contributed by atoms with Gasteiger partial charge < -0.3 is 5.32 Å². The van der Waals surface area contributed by atoms with Crippen LogP contribution in [0.5, 0.6) is 0 Å². The van der Waals surface area contributed by atoms with Crippen LogP contribution in [0, 0.1) is 24.1 Å². The zero-order chi connectivity index (χ0) is 22.8. The zero-order valence-corrected chi connectivity index (χ0v) is 17.8. The average molecular weight is 448 g/mol. The number of amides is 1. The topological polar surface area (TPSA) is 96.4 Å². The molecule has 2 aromatic carbocycles. The Hall–Kier alpha value is -4.03. The average Bonchev–Trinajstić information content (AvgIpc) is 3.26. The first kappa shape index (κ1) is 21.2. The molecule has 0 aliphatic rings. The lowest BCUT2D eigenvalue weighted by atomic mass is 10.1. The van der Waals surface area contributed by atoms with E-state index >= 15 is 0 Å². The van der Waals surface area contributed by atoms with E-state index in [0.29, 0.717) is 21.5 Å². The lowest BCUT2D eigenvalue weighted by molar-refractivity contribution is 0.0954. The van der Waals surface area contributed by atoms with Gasteiger partial charge in [0.1, 0.15) is 15.5 Å². The number of rotatable bonds is 5. The lowest BCUT2D eigenvalue weighted by Gasteiger charge is -2.07.